The minimum atomic E-state index is -1.17. The summed E-state index contributed by atoms with van der Waals surface area (Å²) in [6, 6.07) is 6.37. The van der Waals surface area contributed by atoms with Gasteiger partial charge in [-0.3, -0.25) is 4.79 Å². The zero-order chi connectivity index (χ0) is 18.0. The van der Waals surface area contributed by atoms with Crippen LogP contribution in [0.1, 0.15) is 30.1 Å². The minimum absolute atomic E-state index is 0.0591. The average molecular weight is 342 g/mol. The molecule has 0 aromatic heterocycles. The number of carboxylic acids is 1. The molecule has 6 nitrogen and oxygen atoms in total. The number of hydrogen-bond donors (Lipinski definition) is 1. The third-order valence-corrected chi connectivity index (χ3v) is 4.86. The third kappa shape index (κ3) is 3.43. The molecule has 6 heteroatoms. The van der Waals surface area contributed by atoms with Crippen molar-refractivity contribution in [3.8, 4) is 0 Å². The number of carbonyl (C=O) groups excluding carboxylic acids is 3. The molecule has 1 aromatic carbocycles. The number of anilines is 1. The van der Waals surface area contributed by atoms with Crippen LogP contribution in [0.4, 0.5) is 5.69 Å². The van der Waals surface area contributed by atoms with Crippen LogP contribution in [0.2, 0.25) is 0 Å². The Morgan fingerprint density at radius 1 is 1.12 bits per heavy atom. The first kappa shape index (κ1) is 17.2. The Hall–Kier alpha value is -2.63. The number of fused-ring (bicyclic) bond motifs is 2. The van der Waals surface area contributed by atoms with Gasteiger partial charge in [0.05, 0.1) is 18.1 Å². The Bertz CT molecular complexity index is 709. The smallest absolute Gasteiger partial charge is 0.338 e. The number of benzene rings is 1. The zero-order valence-electron chi connectivity index (χ0n) is 13.9. The number of esters is 1. The fourth-order valence-corrected chi connectivity index (χ4v) is 3.69. The Kier molecular flexibility index (Phi) is 4.88. The van der Waals surface area contributed by atoms with Gasteiger partial charge < -0.3 is 20.0 Å². The van der Waals surface area contributed by atoms with Crippen molar-refractivity contribution < 1.29 is 24.2 Å². The summed E-state index contributed by atoms with van der Waals surface area (Å²) in [6.45, 7) is 2.27. The molecule has 4 atom stereocenters. The van der Waals surface area contributed by atoms with Gasteiger partial charge in [-0.15, -0.1) is 0 Å². The van der Waals surface area contributed by atoms with E-state index >= 15 is 0 Å². The minimum Gasteiger partial charge on any atom is -0.550 e. The third-order valence-electron chi connectivity index (χ3n) is 4.86. The number of hydrogen-bond acceptors (Lipinski definition) is 5. The maximum absolute atomic E-state index is 12.6. The number of nitrogens with one attached hydrogen (secondary N) is 1. The summed E-state index contributed by atoms with van der Waals surface area (Å²) in [4.78, 5) is 35.7. The predicted molar refractivity (Wildman–Crippen MR) is 88.4 cm³/mol. The Balaban J connectivity index is 1.66. The van der Waals surface area contributed by atoms with E-state index in [1.165, 1.54) is 0 Å². The summed E-state index contributed by atoms with van der Waals surface area (Å²) in [5.74, 6) is -3.49. The van der Waals surface area contributed by atoms with Crippen molar-refractivity contribution in [1.82, 2.24) is 0 Å². The lowest BCUT2D eigenvalue weighted by atomic mass is 9.82. The van der Waals surface area contributed by atoms with Gasteiger partial charge in [0.25, 0.3) is 0 Å². The second-order valence-electron chi connectivity index (χ2n) is 6.52. The van der Waals surface area contributed by atoms with Crippen LogP contribution in [0.5, 0.6) is 0 Å². The molecule has 1 amide bonds. The summed E-state index contributed by atoms with van der Waals surface area (Å²) in [5, 5.41) is 14.1. The number of carboxylic acid groups (broad SMARTS) is 1. The van der Waals surface area contributed by atoms with Gasteiger partial charge in [0.2, 0.25) is 5.91 Å². The summed E-state index contributed by atoms with van der Waals surface area (Å²) in [6.07, 6.45) is 5.21. The van der Waals surface area contributed by atoms with E-state index in [0.717, 1.165) is 6.42 Å². The van der Waals surface area contributed by atoms with Crippen molar-refractivity contribution in [3.63, 3.8) is 0 Å². The molecule has 0 spiro atoms. The molecule has 0 aliphatic heterocycles. The first-order chi connectivity index (χ1) is 12.0. The van der Waals surface area contributed by atoms with Gasteiger partial charge in [0.15, 0.2) is 0 Å². The quantitative estimate of drug-likeness (QED) is 0.622. The fourth-order valence-electron chi connectivity index (χ4n) is 3.69. The summed E-state index contributed by atoms with van der Waals surface area (Å²) >= 11 is 0. The highest BCUT2D eigenvalue weighted by atomic mass is 16.5. The van der Waals surface area contributed by atoms with Gasteiger partial charge in [-0.1, -0.05) is 19.1 Å². The fraction of sp³-hybridized carbons (Fsp3) is 0.421. The van der Waals surface area contributed by atoms with Gasteiger partial charge in [-0.2, -0.15) is 0 Å². The van der Waals surface area contributed by atoms with Gasteiger partial charge >= 0.3 is 5.97 Å². The first-order valence-corrected chi connectivity index (χ1v) is 8.48. The highest BCUT2D eigenvalue weighted by molar-refractivity contribution is 5.97. The van der Waals surface area contributed by atoms with E-state index < -0.39 is 23.8 Å². The van der Waals surface area contributed by atoms with E-state index in [2.05, 4.69) is 5.32 Å². The van der Waals surface area contributed by atoms with Crippen LogP contribution in [0.15, 0.2) is 36.4 Å². The lowest BCUT2D eigenvalue weighted by Crippen LogP contribution is -2.42. The van der Waals surface area contributed by atoms with Crippen molar-refractivity contribution in [1.29, 1.82) is 0 Å². The van der Waals surface area contributed by atoms with E-state index in [1.807, 2.05) is 19.1 Å². The highest BCUT2D eigenvalue weighted by Crippen LogP contribution is 2.48. The number of amides is 1. The van der Waals surface area contributed by atoms with Gasteiger partial charge in [0, 0.05) is 17.6 Å². The van der Waals surface area contributed by atoms with Gasteiger partial charge in [-0.05, 0) is 48.9 Å². The second kappa shape index (κ2) is 7.09. The van der Waals surface area contributed by atoms with Crippen molar-refractivity contribution in [2.24, 2.45) is 23.7 Å². The number of ether oxygens (including phenoxy) is 1. The Morgan fingerprint density at radius 3 is 2.36 bits per heavy atom. The predicted octanol–water partition coefficient (Wildman–Crippen LogP) is 1.38. The van der Waals surface area contributed by atoms with Crippen LogP contribution in [-0.4, -0.2) is 24.5 Å². The van der Waals surface area contributed by atoms with Crippen LogP contribution >= 0.6 is 0 Å². The molecule has 1 aromatic rings. The normalized spacial score (nSPS) is 26.4. The Morgan fingerprint density at radius 2 is 1.76 bits per heavy atom. The van der Waals surface area contributed by atoms with Crippen molar-refractivity contribution in [2.45, 2.75) is 19.8 Å². The molecule has 1 fully saturated rings. The molecule has 0 radical (unpaired) electrons. The molecular weight excluding hydrogens is 322 g/mol. The molecule has 2 aliphatic carbocycles. The largest absolute Gasteiger partial charge is 0.550 e. The van der Waals surface area contributed by atoms with E-state index in [-0.39, 0.29) is 17.7 Å². The molecule has 0 saturated heterocycles. The maximum atomic E-state index is 12.6. The van der Waals surface area contributed by atoms with Crippen LogP contribution < -0.4 is 10.4 Å². The number of allylic oxidation sites excluding steroid dienone is 2. The summed E-state index contributed by atoms with van der Waals surface area (Å²) in [7, 11) is 0. The average Bonchev–Trinajstić information content (AvgIpc) is 3.21. The summed E-state index contributed by atoms with van der Waals surface area (Å²) in [5.41, 5.74) is 0.919. The second-order valence-corrected chi connectivity index (χ2v) is 6.52. The number of aliphatic carboxylic acids is 1. The van der Waals surface area contributed by atoms with Crippen LogP contribution in [0.3, 0.4) is 0 Å². The zero-order valence-corrected chi connectivity index (χ0v) is 13.9. The van der Waals surface area contributed by atoms with Gasteiger partial charge in [0.1, 0.15) is 0 Å². The molecule has 132 valence electrons. The molecule has 3 rings (SSSR count). The molecule has 1 N–H and O–H groups in total. The SMILES string of the molecule is CCCOC(=O)c1ccc(NC(=O)[C@@H]2[C@@H](C(=O)[O-])[C@@H]3C=C[C@H]2C3)cc1. The standard InChI is InChI=1S/C19H21NO5/c1-2-9-25-19(24)11-5-7-14(8-6-11)20-17(21)15-12-3-4-13(10-12)16(15)18(22)23/h3-8,12-13,15-16H,2,9-10H2,1H3,(H,20,21)(H,22,23)/p-1/t12-,13+,15-,16-/m0/s1. The molecular formula is C19H20NO5-. The molecule has 0 heterocycles. The number of carbonyl (C=O) groups is 3. The van der Waals surface area contributed by atoms with Crippen LogP contribution in [0, 0.1) is 23.7 Å². The van der Waals surface area contributed by atoms with Crippen molar-refractivity contribution in [3.05, 3.63) is 42.0 Å². The topological polar surface area (TPSA) is 95.5 Å². The van der Waals surface area contributed by atoms with Crippen molar-refractivity contribution >= 4 is 23.5 Å². The van der Waals surface area contributed by atoms with E-state index in [4.69, 9.17) is 4.74 Å². The monoisotopic (exact) mass is 342 g/mol. The molecule has 2 aliphatic rings. The molecule has 2 bridgehead atoms. The first-order valence-electron chi connectivity index (χ1n) is 8.48. The van der Waals surface area contributed by atoms with E-state index in [0.29, 0.717) is 24.3 Å². The summed E-state index contributed by atoms with van der Waals surface area (Å²) < 4.78 is 5.05. The molecule has 1 saturated carbocycles. The highest BCUT2D eigenvalue weighted by Gasteiger charge is 2.48. The van der Waals surface area contributed by atoms with Gasteiger partial charge in [-0.25, -0.2) is 4.79 Å². The van der Waals surface area contributed by atoms with E-state index in [1.54, 1.807) is 24.3 Å². The van der Waals surface area contributed by atoms with Crippen LogP contribution in [-0.2, 0) is 14.3 Å². The van der Waals surface area contributed by atoms with E-state index in [9.17, 15) is 19.5 Å². The molecule has 25 heavy (non-hydrogen) atoms. The molecule has 0 unspecified atom stereocenters. The number of rotatable bonds is 6. The maximum Gasteiger partial charge on any atom is 0.338 e. The lowest BCUT2D eigenvalue weighted by Gasteiger charge is -2.27. The lowest BCUT2D eigenvalue weighted by molar-refractivity contribution is -0.313. The van der Waals surface area contributed by atoms with Crippen LogP contribution in [0.25, 0.3) is 0 Å². The van der Waals surface area contributed by atoms with Crippen molar-refractivity contribution in [2.75, 3.05) is 11.9 Å². The Labute approximate surface area is 145 Å².